The molecule has 300 valence electrons. The summed E-state index contributed by atoms with van der Waals surface area (Å²) >= 11 is 0. The summed E-state index contributed by atoms with van der Waals surface area (Å²) in [7, 11) is 3.17. The zero-order valence-corrected chi connectivity index (χ0v) is 32.2. The molecule has 0 aliphatic carbocycles. The van der Waals surface area contributed by atoms with Crippen LogP contribution in [0.2, 0.25) is 0 Å². The van der Waals surface area contributed by atoms with Crippen LogP contribution in [0.3, 0.4) is 0 Å². The highest BCUT2D eigenvalue weighted by Gasteiger charge is 2.31. The third kappa shape index (κ3) is 7.60. The van der Waals surface area contributed by atoms with E-state index in [-0.39, 0.29) is 65.5 Å². The van der Waals surface area contributed by atoms with Gasteiger partial charge in [0.25, 0.3) is 5.91 Å². The Kier molecular flexibility index (Phi) is 10.6. The molecule has 1 unspecified atom stereocenters. The van der Waals surface area contributed by atoms with Crippen molar-refractivity contribution in [3.63, 3.8) is 0 Å². The maximum atomic E-state index is 16.5. The third-order valence-electron chi connectivity index (χ3n) is 11.5. The SMILES string of the molecule is CN(C)C(=O)c1cc2c(-c3ncc(C4CCN(c5ccc(C6CCC(=O)NC6=O)cc5F)CC4)cc3F)cc(C3=CCCN(C(=O)CCn4cccn4)C3)c(F)c2[nH]1. The Labute approximate surface area is 332 Å². The van der Waals surface area contributed by atoms with Gasteiger partial charge in [0.2, 0.25) is 17.7 Å². The number of halogens is 3. The van der Waals surface area contributed by atoms with Crippen molar-refractivity contribution in [2.24, 2.45) is 0 Å². The lowest BCUT2D eigenvalue weighted by Gasteiger charge is -2.34. The number of H-pyrrole nitrogens is 1. The molecular formula is C43H43F3N8O4. The summed E-state index contributed by atoms with van der Waals surface area (Å²) in [5.41, 5.74) is 2.86. The Morgan fingerprint density at radius 3 is 2.45 bits per heavy atom. The molecule has 1 atom stereocenters. The van der Waals surface area contributed by atoms with Crippen LogP contribution in [0.1, 0.15) is 77.5 Å². The lowest BCUT2D eigenvalue weighted by atomic mass is 9.88. The van der Waals surface area contributed by atoms with E-state index < -0.39 is 29.3 Å². The first-order chi connectivity index (χ1) is 27.9. The van der Waals surface area contributed by atoms with Crippen LogP contribution >= 0.6 is 0 Å². The molecule has 15 heteroatoms. The highest BCUT2D eigenvalue weighted by Crippen LogP contribution is 2.39. The zero-order chi connectivity index (χ0) is 40.7. The van der Waals surface area contributed by atoms with Crippen LogP contribution in [-0.2, 0) is 20.9 Å². The number of aromatic nitrogens is 4. The molecule has 0 bridgehead atoms. The van der Waals surface area contributed by atoms with Crippen LogP contribution in [0, 0.1) is 17.5 Å². The summed E-state index contributed by atoms with van der Waals surface area (Å²) in [5, 5.41) is 6.78. The fourth-order valence-corrected chi connectivity index (χ4v) is 8.33. The number of piperidine rings is 2. The molecule has 0 saturated carbocycles. The Bertz CT molecular complexity index is 2450. The number of nitrogens with one attached hydrogen (secondary N) is 2. The first-order valence-electron chi connectivity index (χ1n) is 19.5. The van der Waals surface area contributed by atoms with Crippen molar-refractivity contribution in [3.8, 4) is 11.3 Å². The monoisotopic (exact) mass is 792 g/mol. The van der Waals surface area contributed by atoms with E-state index in [1.165, 1.54) is 23.1 Å². The van der Waals surface area contributed by atoms with Crippen molar-refractivity contribution in [1.29, 1.82) is 0 Å². The number of amides is 4. The minimum absolute atomic E-state index is 0.00275. The van der Waals surface area contributed by atoms with Crippen molar-refractivity contribution < 1.29 is 32.3 Å². The Morgan fingerprint density at radius 2 is 1.74 bits per heavy atom. The number of aromatic amines is 1. The molecule has 0 spiro atoms. The number of rotatable bonds is 9. The zero-order valence-electron chi connectivity index (χ0n) is 32.2. The van der Waals surface area contributed by atoms with E-state index >= 15 is 13.2 Å². The van der Waals surface area contributed by atoms with E-state index in [1.54, 1.807) is 66.5 Å². The van der Waals surface area contributed by atoms with Gasteiger partial charge in [-0.15, -0.1) is 0 Å². The maximum absolute atomic E-state index is 16.5. The van der Waals surface area contributed by atoms with Gasteiger partial charge < -0.3 is 19.7 Å². The van der Waals surface area contributed by atoms with Gasteiger partial charge in [-0.1, -0.05) is 12.1 Å². The van der Waals surface area contributed by atoms with Crippen molar-refractivity contribution in [2.75, 3.05) is 45.2 Å². The molecule has 8 rings (SSSR count). The van der Waals surface area contributed by atoms with Crippen molar-refractivity contribution in [2.45, 2.75) is 56.9 Å². The topological polar surface area (TPSA) is 137 Å². The summed E-state index contributed by atoms with van der Waals surface area (Å²) in [5.74, 6) is -3.52. The fraction of sp³-hybridized carbons (Fsp3) is 0.349. The average molecular weight is 793 g/mol. The molecule has 12 nitrogen and oxygen atoms in total. The van der Waals surface area contributed by atoms with Gasteiger partial charge in [0.15, 0.2) is 5.82 Å². The second kappa shape index (κ2) is 15.9. The molecule has 4 amide bonds. The standard InChI is InChI=1S/C43H43F3N8O4/c1-51(2)43(58)35-22-32-31(21-30(39(46)41(32)49-35)27-5-3-14-53(24-27)38(56)12-18-54-15-4-13-48-54)40-34(45)20-28(23-47-40)25-10-16-52(17-11-25)36-8-6-26(19-33(36)44)29-7-9-37(55)50-42(29)57/h4-6,8,13,15,19-23,25,29,49H,3,7,9-12,14,16-18,24H2,1-2H3,(H,50,55,57). The van der Waals surface area contributed by atoms with Crippen molar-refractivity contribution in [3.05, 3.63) is 107 Å². The molecule has 0 radical (unpaired) electrons. The van der Waals surface area contributed by atoms with Crippen LogP contribution in [0.15, 0.2) is 67.1 Å². The number of hydrogen-bond acceptors (Lipinski definition) is 7. The number of carbonyl (C=O) groups excluding carboxylic acids is 4. The van der Waals surface area contributed by atoms with Gasteiger partial charge in [0, 0.05) is 94.8 Å². The number of hydrogen-bond donors (Lipinski definition) is 2. The summed E-state index contributed by atoms with van der Waals surface area (Å²) in [6.45, 7) is 2.07. The first-order valence-corrected chi connectivity index (χ1v) is 19.5. The van der Waals surface area contributed by atoms with Crippen LogP contribution < -0.4 is 10.2 Å². The minimum atomic E-state index is -0.612. The minimum Gasteiger partial charge on any atom is -0.369 e. The van der Waals surface area contributed by atoms with E-state index in [2.05, 4.69) is 20.4 Å². The maximum Gasteiger partial charge on any atom is 0.269 e. The number of carbonyl (C=O) groups is 4. The predicted molar refractivity (Wildman–Crippen MR) is 211 cm³/mol. The quantitative estimate of drug-likeness (QED) is 0.171. The number of fused-ring (bicyclic) bond motifs is 1. The van der Waals surface area contributed by atoms with Gasteiger partial charge in [-0.25, -0.2) is 13.2 Å². The number of benzene rings is 2. The van der Waals surface area contributed by atoms with Gasteiger partial charge in [-0.05, 0) is 84.7 Å². The fourth-order valence-electron chi connectivity index (χ4n) is 8.33. The summed E-state index contributed by atoms with van der Waals surface area (Å²) in [4.78, 5) is 62.6. The molecule has 2 fully saturated rings. The van der Waals surface area contributed by atoms with Crippen LogP contribution in [0.5, 0.6) is 0 Å². The molecule has 3 aliphatic rings. The number of anilines is 1. The lowest BCUT2D eigenvalue weighted by molar-refractivity contribution is -0.134. The number of imide groups is 1. The van der Waals surface area contributed by atoms with E-state index in [4.69, 9.17) is 0 Å². The number of pyridine rings is 1. The third-order valence-corrected chi connectivity index (χ3v) is 11.5. The normalized spacial score (nSPS) is 17.7. The second-order valence-corrected chi connectivity index (χ2v) is 15.4. The van der Waals surface area contributed by atoms with Gasteiger partial charge in [0.05, 0.1) is 17.1 Å². The molecule has 2 aromatic carbocycles. The summed E-state index contributed by atoms with van der Waals surface area (Å²) in [6.07, 6.45) is 9.44. The van der Waals surface area contributed by atoms with Crippen LogP contribution in [-0.4, -0.2) is 93.5 Å². The first kappa shape index (κ1) is 38.6. The molecular weight excluding hydrogens is 750 g/mol. The highest BCUT2D eigenvalue weighted by molar-refractivity contribution is 6.04. The van der Waals surface area contributed by atoms with Crippen molar-refractivity contribution >= 4 is 45.8 Å². The molecule has 2 saturated heterocycles. The van der Waals surface area contributed by atoms with Gasteiger partial charge in [0.1, 0.15) is 23.0 Å². The van der Waals surface area contributed by atoms with Gasteiger partial charge >= 0.3 is 0 Å². The number of nitrogens with zero attached hydrogens (tertiary/aromatic N) is 6. The molecule has 5 aromatic rings. The van der Waals surface area contributed by atoms with E-state index in [0.29, 0.717) is 85.2 Å². The second-order valence-electron chi connectivity index (χ2n) is 15.4. The largest absolute Gasteiger partial charge is 0.369 e. The van der Waals surface area contributed by atoms with E-state index in [1.807, 2.05) is 11.0 Å². The molecule has 3 aromatic heterocycles. The van der Waals surface area contributed by atoms with Crippen molar-refractivity contribution in [1.82, 2.24) is 34.9 Å². The highest BCUT2D eigenvalue weighted by atomic mass is 19.1. The smallest absolute Gasteiger partial charge is 0.269 e. The Morgan fingerprint density at radius 1 is 0.948 bits per heavy atom. The Balaban J connectivity index is 1.03. The average Bonchev–Trinajstić information content (AvgIpc) is 3.92. The van der Waals surface area contributed by atoms with E-state index in [9.17, 15) is 19.2 Å². The summed E-state index contributed by atoms with van der Waals surface area (Å²) in [6, 6.07) is 11.1. The van der Waals surface area contributed by atoms with Crippen LogP contribution in [0.25, 0.3) is 27.7 Å². The molecule has 2 N–H and O–H groups in total. The predicted octanol–water partition coefficient (Wildman–Crippen LogP) is 6.16. The molecule has 6 heterocycles. The number of aryl methyl sites for hydroxylation is 1. The van der Waals surface area contributed by atoms with E-state index in [0.717, 1.165) is 0 Å². The van der Waals surface area contributed by atoms with Gasteiger partial charge in [-0.3, -0.25) is 34.2 Å². The van der Waals surface area contributed by atoms with Gasteiger partial charge in [-0.2, -0.15) is 5.10 Å². The summed E-state index contributed by atoms with van der Waals surface area (Å²) < 4.78 is 50.0. The lowest BCUT2D eigenvalue weighted by Crippen LogP contribution is -2.39. The molecule has 3 aliphatic heterocycles. The Hall–Kier alpha value is -6.25. The molecule has 58 heavy (non-hydrogen) atoms. The van der Waals surface area contributed by atoms with Crippen LogP contribution in [0.4, 0.5) is 18.9 Å².